The molecule has 0 N–H and O–H groups in total. The minimum absolute atomic E-state index is 0.0716. The predicted molar refractivity (Wildman–Crippen MR) is 260 cm³/mol. The lowest BCUT2D eigenvalue weighted by atomic mass is 10.1. The van der Waals surface area contributed by atoms with E-state index in [0.717, 1.165) is 34.9 Å². The summed E-state index contributed by atoms with van der Waals surface area (Å²) in [5.74, 6) is 0. The lowest BCUT2D eigenvalue weighted by Crippen LogP contribution is -2.21. The van der Waals surface area contributed by atoms with Crippen LogP contribution in [-0.2, 0) is 0 Å². The fraction of sp³-hybridized carbons (Fsp3) is 0.0526. The summed E-state index contributed by atoms with van der Waals surface area (Å²) >= 11 is 0. The van der Waals surface area contributed by atoms with Crippen LogP contribution in [0.1, 0.15) is 19.4 Å². The van der Waals surface area contributed by atoms with E-state index in [9.17, 15) is 0 Å². The summed E-state index contributed by atoms with van der Waals surface area (Å²) in [5, 5.41) is 7.55. The van der Waals surface area contributed by atoms with E-state index in [1.165, 1.54) is 65.4 Å². The van der Waals surface area contributed by atoms with Crippen LogP contribution >= 0.6 is 0 Å². The second kappa shape index (κ2) is 15.1. The van der Waals surface area contributed by atoms with Crippen LogP contribution in [0.25, 0.3) is 76.8 Å². The van der Waals surface area contributed by atoms with E-state index in [-0.39, 0.29) is 6.04 Å². The van der Waals surface area contributed by atoms with Gasteiger partial charge in [-0.15, -0.1) is 0 Å². The monoisotopic (exact) mass is 784 g/mol. The SMILES string of the molecule is C=C/C=C(\C=C/C(C)n1c2ccccc2c2ccccc21)N(C1=CC=C(n2c3ccccc3c3ccccc32)C=CC1)c1ccc(-n2c3ccccc3c3ccccc32)cc1. The Hall–Kier alpha value is -7.82. The average Bonchev–Trinajstić information content (AvgIpc) is 3.88. The van der Waals surface area contributed by atoms with Crippen molar-refractivity contribution in [1.82, 2.24) is 13.7 Å². The summed E-state index contributed by atoms with van der Waals surface area (Å²) < 4.78 is 7.21. The molecule has 0 radical (unpaired) electrons. The van der Waals surface area contributed by atoms with Crippen LogP contribution in [0.4, 0.5) is 5.69 Å². The highest BCUT2D eigenvalue weighted by molar-refractivity contribution is 6.11. The van der Waals surface area contributed by atoms with Gasteiger partial charge >= 0.3 is 0 Å². The predicted octanol–water partition coefficient (Wildman–Crippen LogP) is 15.1. The molecule has 0 bridgehead atoms. The molecule has 61 heavy (non-hydrogen) atoms. The van der Waals surface area contributed by atoms with Crippen molar-refractivity contribution in [3.8, 4) is 5.69 Å². The summed E-state index contributed by atoms with van der Waals surface area (Å²) in [4.78, 5) is 2.39. The van der Waals surface area contributed by atoms with Crippen LogP contribution in [0, 0.1) is 0 Å². The van der Waals surface area contributed by atoms with Crippen molar-refractivity contribution in [3.63, 3.8) is 0 Å². The van der Waals surface area contributed by atoms with E-state index in [1.807, 2.05) is 6.08 Å². The van der Waals surface area contributed by atoms with Crippen LogP contribution in [-0.4, -0.2) is 13.7 Å². The number of para-hydroxylation sites is 6. The van der Waals surface area contributed by atoms with Crippen LogP contribution in [0.5, 0.6) is 0 Å². The number of nitrogens with zero attached hydrogens (tertiary/aromatic N) is 4. The van der Waals surface area contributed by atoms with Gasteiger partial charge in [-0.1, -0.05) is 134 Å². The first-order chi connectivity index (χ1) is 30.2. The van der Waals surface area contributed by atoms with Crippen LogP contribution < -0.4 is 4.90 Å². The Bertz CT molecular complexity index is 3320. The van der Waals surface area contributed by atoms with Gasteiger partial charge in [0.1, 0.15) is 0 Å². The molecule has 0 fully saturated rings. The molecule has 0 spiro atoms. The number of anilines is 1. The van der Waals surface area contributed by atoms with E-state index < -0.39 is 0 Å². The lowest BCUT2D eigenvalue weighted by Gasteiger charge is -2.29. The molecule has 11 rings (SSSR count). The van der Waals surface area contributed by atoms with Gasteiger partial charge in [-0.3, -0.25) is 0 Å². The number of hydrogen-bond acceptors (Lipinski definition) is 1. The number of allylic oxidation sites excluding steroid dienone is 9. The van der Waals surface area contributed by atoms with E-state index >= 15 is 0 Å². The fourth-order valence-electron chi connectivity index (χ4n) is 9.59. The third-order valence-electron chi connectivity index (χ3n) is 12.3. The second-order valence-electron chi connectivity index (χ2n) is 15.8. The summed E-state index contributed by atoms with van der Waals surface area (Å²) in [6, 6.07) is 61.3. The molecular weight excluding hydrogens is 741 g/mol. The van der Waals surface area contributed by atoms with Crippen molar-refractivity contribution < 1.29 is 0 Å². The van der Waals surface area contributed by atoms with E-state index in [0.29, 0.717) is 0 Å². The minimum Gasteiger partial charge on any atom is -0.334 e. The molecule has 1 aliphatic carbocycles. The lowest BCUT2D eigenvalue weighted by molar-refractivity contribution is 0.709. The van der Waals surface area contributed by atoms with Crippen LogP contribution in [0.15, 0.2) is 236 Å². The van der Waals surface area contributed by atoms with Gasteiger partial charge < -0.3 is 18.6 Å². The largest absolute Gasteiger partial charge is 0.334 e. The van der Waals surface area contributed by atoms with Crippen LogP contribution in [0.2, 0.25) is 0 Å². The molecule has 1 aliphatic rings. The standard InChI is InChI=1S/C57H44N4/c1-3-17-41(33-32-40(2)58-52-26-10-4-20-46(52)47-21-5-11-27-53(47)58)59(44-36-38-45(39-37-44)61-56-30-14-8-24-50(56)51-25-9-15-31-57(51)61)42-18-16-19-43(35-34-42)60-54-28-12-6-22-48(54)49-23-7-13-29-55(49)60/h3-17,19-40H,1,18H2,2H3/b33-32-,41-17+. The zero-order valence-electron chi connectivity index (χ0n) is 34.1. The van der Waals surface area contributed by atoms with Crippen LogP contribution in [0.3, 0.4) is 0 Å². The Morgan fingerprint density at radius 2 is 0.984 bits per heavy atom. The Labute approximate surface area is 355 Å². The Balaban J connectivity index is 1.05. The maximum absolute atomic E-state index is 4.21. The second-order valence-corrected chi connectivity index (χ2v) is 15.8. The Morgan fingerprint density at radius 3 is 1.48 bits per heavy atom. The Morgan fingerprint density at radius 1 is 0.541 bits per heavy atom. The number of fused-ring (bicyclic) bond motifs is 9. The van der Waals surface area contributed by atoms with Crippen molar-refractivity contribution in [2.45, 2.75) is 19.4 Å². The van der Waals surface area contributed by atoms with Crippen molar-refractivity contribution in [1.29, 1.82) is 0 Å². The molecule has 7 aromatic carbocycles. The maximum Gasteiger partial charge on any atom is 0.0541 e. The van der Waals surface area contributed by atoms with Gasteiger partial charge in [-0.25, -0.2) is 0 Å². The van der Waals surface area contributed by atoms with E-state index in [2.05, 4.69) is 244 Å². The minimum atomic E-state index is 0.0716. The molecule has 1 atom stereocenters. The zero-order valence-corrected chi connectivity index (χ0v) is 34.1. The third-order valence-corrected chi connectivity index (χ3v) is 12.3. The zero-order chi connectivity index (χ0) is 40.9. The summed E-state index contributed by atoms with van der Waals surface area (Å²) in [5.41, 5.74) is 12.7. The molecule has 4 heteroatoms. The smallest absolute Gasteiger partial charge is 0.0541 e. The molecule has 10 aromatic rings. The van der Waals surface area contributed by atoms with Crippen molar-refractivity contribution >= 4 is 76.8 Å². The molecule has 4 nitrogen and oxygen atoms in total. The van der Waals surface area contributed by atoms with Crippen molar-refractivity contribution in [2.75, 3.05) is 4.90 Å². The molecule has 0 amide bonds. The third kappa shape index (κ3) is 6.07. The Kier molecular flexibility index (Phi) is 8.97. The van der Waals surface area contributed by atoms with E-state index in [1.54, 1.807) is 0 Å². The summed E-state index contributed by atoms with van der Waals surface area (Å²) in [6.45, 7) is 6.49. The van der Waals surface area contributed by atoms with Gasteiger partial charge in [0, 0.05) is 84.3 Å². The first kappa shape index (κ1) is 36.3. The first-order valence-electron chi connectivity index (χ1n) is 21.1. The maximum atomic E-state index is 4.21. The number of hydrogen-bond donors (Lipinski definition) is 0. The molecule has 3 heterocycles. The molecule has 0 aliphatic heterocycles. The highest BCUT2D eigenvalue weighted by atomic mass is 15.2. The summed E-state index contributed by atoms with van der Waals surface area (Å²) in [7, 11) is 0. The number of rotatable bonds is 9. The molecular formula is C57H44N4. The van der Waals surface area contributed by atoms with Gasteiger partial charge in [0.25, 0.3) is 0 Å². The average molecular weight is 785 g/mol. The molecule has 3 aromatic heterocycles. The van der Waals surface area contributed by atoms with Gasteiger partial charge in [0.15, 0.2) is 0 Å². The van der Waals surface area contributed by atoms with Gasteiger partial charge in [-0.2, -0.15) is 0 Å². The van der Waals surface area contributed by atoms with Crippen molar-refractivity contribution in [2.24, 2.45) is 0 Å². The quantitative estimate of drug-likeness (QED) is 0.133. The first-order valence-corrected chi connectivity index (χ1v) is 21.1. The molecule has 0 saturated heterocycles. The normalized spacial score (nSPS) is 14.1. The summed E-state index contributed by atoms with van der Waals surface area (Å²) in [6.07, 6.45) is 18.5. The topological polar surface area (TPSA) is 18.0 Å². The molecule has 1 unspecified atom stereocenters. The van der Waals surface area contributed by atoms with Gasteiger partial charge in [-0.05, 0) is 98.0 Å². The fourth-order valence-corrected chi connectivity index (χ4v) is 9.59. The van der Waals surface area contributed by atoms with Gasteiger partial charge in [0.05, 0.1) is 22.1 Å². The number of benzene rings is 7. The highest BCUT2D eigenvalue weighted by Crippen LogP contribution is 2.37. The van der Waals surface area contributed by atoms with Gasteiger partial charge in [0.2, 0.25) is 0 Å². The highest BCUT2D eigenvalue weighted by Gasteiger charge is 2.20. The van der Waals surface area contributed by atoms with Crippen molar-refractivity contribution in [3.05, 3.63) is 236 Å². The number of aromatic nitrogens is 3. The molecule has 292 valence electrons. The van der Waals surface area contributed by atoms with E-state index in [4.69, 9.17) is 0 Å². The molecule has 0 saturated carbocycles.